The number of ether oxygens (including phenoxy) is 2. The number of rotatable bonds is 6. The number of hydrogen-bond donors (Lipinski definition) is 1. The Morgan fingerprint density at radius 3 is 3.00 bits per heavy atom. The Labute approximate surface area is 140 Å². The van der Waals surface area contributed by atoms with Crippen LogP contribution in [0.15, 0.2) is 28.8 Å². The third-order valence-corrected chi connectivity index (χ3v) is 3.94. The third-order valence-electron chi connectivity index (χ3n) is 3.94. The Balaban J connectivity index is 1.65. The number of aryl methyl sites for hydroxylation is 1. The van der Waals surface area contributed by atoms with Crippen LogP contribution in [0.2, 0.25) is 0 Å². The number of para-hydroxylation sites is 1. The fourth-order valence-electron chi connectivity index (χ4n) is 2.70. The van der Waals surface area contributed by atoms with Gasteiger partial charge in [0.15, 0.2) is 6.61 Å². The molecule has 1 saturated heterocycles. The first-order valence-electron chi connectivity index (χ1n) is 8.07. The number of carbonyl (C=O) groups excluding carboxylic acids is 1. The van der Waals surface area contributed by atoms with Gasteiger partial charge in [-0.2, -0.15) is 4.98 Å². The summed E-state index contributed by atoms with van der Waals surface area (Å²) in [6.45, 7) is 4.57. The molecule has 1 amide bonds. The molecule has 2 atom stereocenters. The van der Waals surface area contributed by atoms with Gasteiger partial charge in [-0.25, -0.2) is 0 Å². The highest BCUT2D eigenvalue weighted by Gasteiger charge is 2.25. The van der Waals surface area contributed by atoms with Crippen molar-refractivity contribution in [3.63, 3.8) is 0 Å². The maximum atomic E-state index is 12.6. The highest BCUT2D eigenvalue weighted by atomic mass is 16.5. The molecule has 0 spiro atoms. The molecule has 0 aliphatic carbocycles. The third kappa shape index (κ3) is 3.91. The second kappa shape index (κ2) is 7.44. The lowest BCUT2D eigenvalue weighted by Crippen LogP contribution is -2.40. The number of aromatic nitrogens is 2. The fourth-order valence-corrected chi connectivity index (χ4v) is 2.70. The van der Waals surface area contributed by atoms with Crippen molar-refractivity contribution in [2.75, 3.05) is 6.61 Å². The first-order valence-corrected chi connectivity index (χ1v) is 8.07. The average Bonchev–Trinajstić information content (AvgIpc) is 3.24. The lowest BCUT2D eigenvalue weighted by Gasteiger charge is -2.20. The molecule has 24 heavy (non-hydrogen) atoms. The molecule has 0 unspecified atom stereocenters. The van der Waals surface area contributed by atoms with Gasteiger partial charge in [-0.15, -0.1) is 0 Å². The molecule has 7 nitrogen and oxygen atoms in total. The molecule has 0 saturated carbocycles. The normalized spacial score (nSPS) is 18.3. The number of amides is 1. The van der Waals surface area contributed by atoms with Crippen LogP contribution in [0.25, 0.3) is 0 Å². The Hall–Kier alpha value is -2.41. The Bertz CT molecular complexity index is 695. The van der Waals surface area contributed by atoms with Crippen molar-refractivity contribution in [1.29, 1.82) is 0 Å². The summed E-state index contributed by atoms with van der Waals surface area (Å²) in [6.07, 6.45) is 2.08. The van der Waals surface area contributed by atoms with Crippen LogP contribution in [-0.4, -0.2) is 34.8 Å². The second-order valence-electron chi connectivity index (χ2n) is 5.83. The number of benzene rings is 1. The van der Waals surface area contributed by atoms with Gasteiger partial charge in [-0.1, -0.05) is 17.3 Å². The van der Waals surface area contributed by atoms with Gasteiger partial charge in [0.25, 0.3) is 5.91 Å². The van der Waals surface area contributed by atoms with Crippen LogP contribution in [0.5, 0.6) is 5.75 Å². The van der Waals surface area contributed by atoms with E-state index in [0.29, 0.717) is 23.0 Å². The van der Waals surface area contributed by atoms with E-state index >= 15 is 0 Å². The van der Waals surface area contributed by atoms with Crippen molar-refractivity contribution in [2.45, 2.75) is 45.4 Å². The summed E-state index contributed by atoms with van der Waals surface area (Å²) < 4.78 is 16.2. The summed E-state index contributed by atoms with van der Waals surface area (Å²) >= 11 is 0. The predicted molar refractivity (Wildman–Crippen MR) is 85.7 cm³/mol. The summed E-state index contributed by atoms with van der Waals surface area (Å²) in [5.74, 6) is 1.22. The van der Waals surface area contributed by atoms with Gasteiger partial charge in [0.1, 0.15) is 5.75 Å². The van der Waals surface area contributed by atoms with E-state index in [1.807, 2.05) is 13.0 Å². The van der Waals surface area contributed by atoms with Crippen LogP contribution in [0, 0.1) is 6.92 Å². The van der Waals surface area contributed by atoms with Crippen LogP contribution in [0.3, 0.4) is 0 Å². The Morgan fingerprint density at radius 1 is 1.46 bits per heavy atom. The molecule has 1 aliphatic rings. The van der Waals surface area contributed by atoms with Crippen LogP contribution >= 0.6 is 0 Å². The molecular formula is C17H21N3O4. The highest BCUT2D eigenvalue weighted by Crippen LogP contribution is 2.20. The SMILES string of the molecule is Cc1nc(COc2ccccc2C(=O)N[C@@H](C)[C@@H]2CCCO2)no1. The van der Waals surface area contributed by atoms with Crippen molar-refractivity contribution in [3.05, 3.63) is 41.5 Å². The smallest absolute Gasteiger partial charge is 0.255 e. The topological polar surface area (TPSA) is 86.5 Å². The van der Waals surface area contributed by atoms with Gasteiger partial charge in [0.05, 0.1) is 17.7 Å². The molecular weight excluding hydrogens is 310 g/mol. The molecule has 3 rings (SSSR count). The predicted octanol–water partition coefficient (Wildman–Crippen LogP) is 2.25. The van der Waals surface area contributed by atoms with Gasteiger partial charge >= 0.3 is 0 Å². The average molecular weight is 331 g/mol. The molecule has 0 radical (unpaired) electrons. The van der Waals surface area contributed by atoms with Crippen molar-refractivity contribution in [2.24, 2.45) is 0 Å². The quantitative estimate of drug-likeness (QED) is 0.874. The molecule has 1 aliphatic heterocycles. The lowest BCUT2D eigenvalue weighted by atomic mass is 10.1. The van der Waals surface area contributed by atoms with Gasteiger partial charge in [-0.05, 0) is 31.9 Å². The zero-order valence-corrected chi connectivity index (χ0v) is 13.8. The van der Waals surface area contributed by atoms with Gasteiger partial charge in [0, 0.05) is 13.5 Å². The van der Waals surface area contributed by atoms with Crippen molar-refractivity contribution < 1.29 is 18.8 Å². The number of carbonyl (C=O) groups is 1. The standard InChI is InChI=1S/C17H21N3O4/c1-11(14-8-5-9-22-14)18-17(21)13-6-3-4-7-15(13)23-10-16-19-12(2)24-20-16/h3-4,6-7,11,14H,5,8-10H2,1-2H3,(H,18,21)/t11-,14-/m0/s1. The largest absolute Gasteiger partial charge is 0.485 e. The van der Waals surface area contributed by atoms with Crippen molar-refractivity contribution in [3.8, 4) is 5.75 Å². The Morgan fingerprint density at radius 2 is 2.29 bits per heavy atom. The van der Waals surface area contributed by atoms with E-state index < -0.39 is 0 Å². The van der Waals surface area contributed by atoms with Crippen molar-refractivity contribution >= 4 is 5.91 Å². The van der Waals surface area contributed by atoms with Crippen LogP contribution in [-0.2, 0) is 11.3 Å². The van der Waals surface area contributed by atoms with E-state index in [9.17, 15) is 4.79 Å². The van der Waals surface area contributed by atoms with E-state index in [0.717, 1.165) is 19.4 Å². The molecule has 1 N–H and O–H groups in total. The number of nitrogens with one attached hydrogen (secondary N) is 1. The molecule has 0 bridgehead atoms. The van der Waals surface area contributed by atoms with Crippen LogP contribution in [0.1, 0.15) is 41.8 Å². The molecule has 2 heterocycles. The van der Waals surface area contributed by atoms with E-state index in [-0.39, 0.29) is 24.7 Å². The maximum absolute atomic E-state index is 12.6. The minimum absolute atomic E-state index is 0.0482. The zero-order valence-electron chi connectivity index (χ0n) is 13.8. The summed E-state index contributed by atoms with van der Waals surface area (Å²) in [4.78, 5) is 16.6. The summed E-state index contributed by atoms with van der Waals surface area (Å²) in [5, 5.41) is 6.76. The van der Waals surface area contributed by atoms with E-state index in [1.54, 1.807) is 25.1 Å². The minimum Gasteiger partial charge on any atom is -0.485 e. The summed E-state index contributed by atoms with van der Waals surface area (Å²) in [6, 6.07) is 7.05. The number of hydrogen-bond acceptors (Lipinski definition) is 6. The second-order valence-corrected chi connectivity index (χ2v) is 5.83. The van der Waals surface area contributed by atoms with E-state index in [4.69, 9.17) is 14.0 Å². The van der Waals surface area contributed by atoms with Gasteiger partial charge in [0.2, 0.25) is 11.7 Å². The van der Waals surface area contributed by atoms with Crippen LogP contribution < -0.4 is 10.1 Å². The molecule has 1 aromatic carbocycles. The van der Waals surface area contributed by atoms with E-state index in [2.05, 4.69) is 15.5 Å². The van der Waals surface area contributed by atoms with Gasteiger partial charge < -0.3 is 19.3 Å². The monoisotopic (exact) mass is 331 g/mol. The lowest BCUT2D eigenvalue weighted by molar-refractivity contribution is 0.0710. The van der Waals surface area contributed by atoms with Gasteiger partial charge in [-0.3, -0.25) is 4.79 Å². The first-order chi connectivity index (χ1) is 11.6. The molecule has 1 aromatic heterocycles. The maximum Gasteiger partial charge on any atom is 0.255 e. The number of nitrogens with zero attached hydrogens (tertiary/aromatic N) is 2. The summed E-state index contributed by atoms with van der Waals surface area (Å²) in [7, 11) is 0. The highest BCUT2D eigenvalue weighted by molar-refractivity contribution is 5.97. The van der Waals surface area contributed by atoms with Crippen LogP contribution in [0.4, 0.5) is 0 Å². The zero-order chi connectivity index (χ0) is 16.9. The minimum atomic E-state index is -0.183. The first kappa shape index (κ1) is 16.4. The van der Waals surface area contributed by atoms with Crippen molar-refractivity contribution in [1.82, 2.24) is 15.5 Å². The fraction of sp³-hybridized carbons (Fsp3) is 0.471. The molecule has 128 valence electrons. The van der Waals surface area contributed by atoms with E-state index in [1.165, 1.54) is 0 Å². The Kier molecular flexibility index (Phi) is 5.10. The molecule has 1 fully saturated rings. The molecule has 2 aromatic rings. The summed E-state index contributed by atoms with van der Waals surface area (Å²) in [5.41, 5.74) is 0.475. The molecule has 7 heteroatoms.